The standard InChI is InChI=1S/C21H28N2O5/c1-5-23-10-6-7-14(23)12-22-18(24)11-16-13(2)15-8-9-17(26-3)20(27-4)19(15)28-21(16)25/h8-9,14H,5-7,10-12H2,1-4H3,(H,22,24). The van der Waals surface area contributed by atoms with Crippen molar-refractivity contribution < 1.29 is 18.7 Å². The van der Waals surface area contributed by atoms with Crippen molar-refractivity contribution in [2.24, 2.45) is 0 Å². The van der Waals surface area contributed by atoms with E-state index >= 15 is 0 Å². The van der Waals surface area contributed by atoms with Crippen LogP contribution in [-0.4, -0.2) is 50.7 Å². The molecule has 0 aliphatic carbocycles. The van der Waals surface area contributed by atoms with Crippen LogP contribution in [0, 0.1) is 6.92 Å². The average Bonchev–Trinajstić information content (AvgIpc) is 3.16. The number of rotatable bonds is 7. The molecule has 0 bridgehead atoms. The molecule has 1 aromatic carbocycles. The van der Waals surface area contributed by atoms with Crippen molar-refractivity contribution in [1.82, 2.24) is 10.2 Å². The first-order chi connectivity index (χ1) is 13.5. The molecule has 0 spiro atoms. The van der Waals surface area contributed by atoms with E-state index in [4.69, 9.17) is 13.9 Å². The lowest BCUT2D eigenvalue weighted by molar-refractivity contribution is -0.120. The van der Waals surface area contributed by atoms with Gasteiger partial charge in [0.2, 0.25) is 11.7 Å². The van der Waals surface area contributed by atoms with Crippen LogP contribution in [0.3, 0.4) is 0 Å². The zero-order valence-electron chi connectivity index (χ0n) is 17.0. The Labute approximate surface area is 164 Å². The number of benzene rings is 1. The van der Waals surface area contributed by atoms with Crippen molar-refractivity contribution in [1.29, 1.82) is 0 Å². The third-order valence-corrected chi connectivity index (χ3v) is 5.58. The van der Waals surface area contributed by atoms with Gasteiger partial charge in [0.15, 0.2) is 11.3 Å². The molecule has 1 N–H and O–H groups in total. The fourth-order valence-corrected chi connectivity index (χ4v) is 3.97. The number of amides is 1. The van der Waals surface area contributed by atoms with E-state index in [0.29, 0.717) is 35.2 Å². The van der Waals surface area contributed by atoms with Crippen LogP contribution >= 0.6 is 0 Å². The molecule has 1 unspecified atom stereocenters. The molecule has 1 saturated heterocycles. The molecule has 1 amide bonds. The highest BCUT2D eigenvalue weighted by atomic mass is 16.5. The van der Waals surface area contributed by atoms with Crippen LogP contribution in [0.4, 0.5) is 0 Å². The Hall–Kier alpha value is -2.54. The van der Waals surface area contributed by atoms with Gasteiger partial charge in [-0.25, -0.2) is 4.79 Å². The van der Waals surface area contributed by atoms with E-state index in [1.54, 1.807) is 6.07 Å². The Morgan fingerprint density at radius 1 is 1.32 bits per heavy atom. The van der Waals surface area contributed by atoms with Crippen LogP contribution in [0.25, 0.3) is 11.0 Å². The molecular formula is C21H28N2O5. The molecule has 0 radical (unpaired) electrons. The number of methoxy groups -OCH3 is 2. The number of hydrogen-bond donors (Lipinski definition) is 1. The summed E-state index contributed by atoms with van der Waals surface area (Å²) in [6.45, 7) is 6.63. The molecule has 1 aliphatic heterocycles. The number of likely N-dealkylation sites (tertiary alicyclic amines) is 1. The minimum Gasteiger partial charge on any atom is -0.493 e. The van der Waals surface area contributed by atoms with Gasteiger partial charge in [0.25, 0.3) is 0 Å². The smallest absolute Gasteiger partial charge is 0.340 e. The minimum atomic E-state index is -0.525. The van der Waals surface area contributed by atoms with Gasteiger partial charge in [-0.2, -0.15) is 0 Å². The maximum Gasteiger partial charge on any atom is 0.340 e. The van der Waals surface area contributed by atoms with Gasteiger partial charge in [0.05, 0.1) is 26.2 Å². The van der Waals surface area contributed by atoms with E-state index < -0.39 is 5.63 Å². The first kappa shape index (κ1) is 20.2. The Balaban J connectivity index is 1.81. The molecule has 2 aromatic rings. The molecule has 7 nitrogen and oxygen atoms in total. The fourth-order valence-electron chi connectivity index (χ4n) is 3.97. The summed E-state index contributed by atoms with van der Waals surface area (Å²) >= 11 is 0. The molecular weight excluding hydrogens is 360 g/mol. The number of nitrogens with one attached hydrogen (secondary N) is 1. The number of fused-ring (bicyclic) bond motifs is 1. The van der Waals surface area contributed by atoms with Crippen LogP contribution in [0.15, 0.2) is 21.3 Å². The molecule has 28 heavy (non-hydrogen) atoms. The maximum atomic E-state index is 12.6. The Kier molecular flexibility index (Phi) is 6.24. The Morgan fingerprint density at radius 3 is 2.79 bits per heavy atom. The summed E-state index contributed by atoms with van der Waals surface area (Å²) < 4.78 is 16.1. The summed E-state index contributed by atoms with van der Waals surface area (Å²) in [6.07, 6.45) is 2.25. The fraction of sp³-hybridized carbons (Fsp3) is 0.524. The second-order valence-electron chi connectivity index (χ2n) is 7.08. The van der Waals surface area contributed by atoms with E-state index in [2.05, 4.69) is 17.1 Å². The number of carbonyl (C=O) groups excluding carboxylic acids is 1. The monoisotopic (exact) mass is 388 g/mol. The highest BCUT2D eigenvalue weighted by Gasteiger charge is 2.24. The molecule has 3 rings (SSSR count). The van der Waals surface area contributed by atoms with Crippen LogP contribution in [0.2, 0.25) is 0 Å². The largest absolute Gasteiger partial charge is 0.493 e. The second-order valence-corrected chi connectivity index (χ2v) is 7.08. The van der Waals surface area contributed by atoms with Crippen LogP contribution in [-0.2, 0) is 11.2 Å². The number of hydrogen-bond acceptors (Lipinski definition) is 6. The zero-order chi connectivity index (χ0) is 20.3. The lowest BCUT2D eigenvalue weighted by Crippen LogP contribution is -2.40. The van der Waals surface area contributed by atoms with Gasteiger partial charge in [-0.3, -0.25) is 9.69 Å². The van der Waals surface area contributed by atoms with E-state index in [1.165, 1.54) is 14.2 Å². The SMILES string of the molecule is CCN1CCCC1CNC(=O)Cc1c(C)c2ccc(OC)c(OC)c2oc1=O. The van der Waals surface area contributed by atoms with Crippen LogP contribution in [0.1, 0.15) is 30.9 Å². The van der Waals surface area contributed by atoms with Crippen molar-refractivity contribution in [2.45, 2.75) is 39.2 Å². The van der Waals surface area contributed by atoms with Crippen molar-refractivity contribution in [3.63, 3.8) is 0 Å². The maximum absolute atomic E-state index is 12.6. The topological polar surface area (TPSA) is 81.0 Å². The van der Waals surface area contributed by atoms with E-state index in [9.17, 15) is 9.59 Å². The van der Waals surface area contributed by atoms with E-state index in [1.807, 2.05) is 13.0 Å². The van der Waals surface area contributed by atoms with Crippen molar-refractivity contribution in [3.05, 3.63) is 33.7 Å². The first-order valence-electron chi connectivity index (χ1n) is 9.68. The minimum absolute atomic E-state index is 0.00268. The van der Waals surface area contributed by atoms with Crippen molar-refractivity contribution >= 4 is 16.9 Å². The lowest BCUT2D eigenvalue weighted by atomic mass is 10.0. The van der Waals surface area contributed by atoms with Crippen molar-refractivity contribution in [2.75, 3.05) is 33.9 Å². The molecule has 1 aliphatic rings. The second kappa shape index (κ2) is 8.65. The van der Waals surface area contributed by atoms with Crippen molar-refractivity contribution in [3.8, 4) is 11.5 Å². The molecule has 152 valence electrons. The summed E-state index contributed by atoms with van der Waals surface area (Å²) in [6, 6.07) is 3.95. The molecule has 2 heterocycles. The van der Waals surface area contributed by atoms with Gasteiger partial charge < -0.3 is 19.2 Å². The molecule has 0 saturated carbocycles. The number of carbonyl (C=O) groups is 1. The third-order valence-electron chi connectivity index (χ3n) is 5.58. The summed E-state index contributed by atoms with van der Waals surface area (Å²) in [5.74, 6) is 0.690. The summed E-state index contributed by atoms with van der Waals surface area (Å²) in [4.78, 5) is 27.4. The van der Waals surface area contributed by atoms with Gasteiger partial charge in [0.1, 0.15) is 0 Å². The van der Waals surface area contributed by atoms with E-state index in [0.717, 1.165) is 36.9 Å². The van der Waals surface area contributed by atoms with Gasteiger partial charge in [-0.05, 0) is 50.6 Å². The normalized spacial score (nSPS) is 17.1. The third kappa shape index (κ3) is 3.85. The molecule has 1 atom stereocenters. The van der Waals surface area contributed by atoms with Gasteiger partial charge in [-0.15, -0.1) is 0 Å². The van der Waals surface area contributed by atoms with Gasteiger partial charge in [-0.1, -0.05) is 6.92 Å². The predicted molar refractivity (Wildman–Crippen MR) is 107 cm³/mol. The van der Waals surface area contributed by atoms with Gasteiger partial charge >= 0.3 is 5.63 Å². The number of aryl methyl sites for hydroxylation is 1. The summed E-state index contributed by atoms with van der Waals surface area (Å²) in [5.41, 5.74) is 0.898. The predicted octanol–water partition coefficient (Wildman–Crippen LogP) is 2.26. The van der Waals surface area contributed by atoms with Gasteiger partial charge in [0, 0.05) is 18.0 Å². The number of likely N-dealkylation sites (N-methyl/N-ethyl adjacent to an activating group) is 1. The quantitative estimate of drug-likeness (QED) is 0.733. The Morgan fingerprint density at radius 2 is 2.11 bits per heavy atom. The van der Waals surface area contributed by atoms with Crippen LogP contribution in [0.5, 0.6) is 11.5 Å². The summed E-state index contributed by atoms with van der Waals surface area (Å²) in [7, 11) is 3.02. The Bertz CT molecular complexity index is 921. The highest BCUT2D eigenvalue weighted by molar-refractivity contribution is 5.89. The van der Waals surface area contributed by atoms with Crippen LogP contribution < -0.4 is 20.4 Å². The lowest BCUT2D eigenvalue weighted by Gasteiger charge is -2.22. The molecule has 1 aromatic heterocycles. The first-order valence-corrected chi connectivity index (χ1v) is 9.68. The van der Waals surface area contributed by atoms with E-state index in [-0.39, 0.29) is 12.3 Å². The zero-order valence-corrected chi connectivity index (χ0v) is 17.0. The number of ether oxygens (including phenoxy) is 2. The average molecular weight is 388 g/mol. The molecule has 7 heteroatoms. The summed E-state index contributed by atoms with van der Waals surface area (Å²) in [5, 5.41) is 3.70. The highest BCUT2D eigenvalue weighted by Crippen LogP contribution is 2.36. The molecule has 1 fully saturated rings. The number of nitrogens with zero attached hydrogens (tertiary/aromatic N) is 1.